The summed E-state index contributed by atoms with van der Waals surface area (Å²) in [6.07, 6.45) is 1.52. The zero-order chi connectivity index (χ0) is 20.3. The van der Waals surface area contributed by atoms with E-state index in [1.807, 2.05) is 6.07 Å². The van der Waals surface area contributed by atoms with Gasteiger partial charge in [-0.05, 0) is 44.2 Å². The van der Waals surface area contributed by atoms with Gasteiger partial charge in [0.2, 0.25) is 0 Å². The summed E-state index contributed by atoms with van der Waals surface area (Å²) in [5, 5.41) is 13.7. The molecule has 0 fully saturated rings. The molecule has 1 amide bonds. The second kappa shape index (κ2) is 7.51. The second-order valence-corrected chi connectivity index (χ2v) is 6.33. The van der Waals surface area contributed by atoms with E-state index in [9.17, 15) is 19.7 Å². The van der Waals surface area contributed by atoms with Crippen LogP contribution in [0.25, 0.3) is 0 Å². The van der Waals surface area contributed by atoms with Crippen molar-refractivity contribution < 1.29 is 19.2 Å². The SMILES string of the molecule is CCOC(=O)[C@@]1(C)C=C(Nc2ccc([N+](=O)[O-])cc2)C(=O)N1c1ccccc1. The molecule has 0 bridgehead atoms. The van der Waals surface area contributed by atoms with Gasteiger partial charge in [0.1, 0.15) is 5.70 Å². The van der Waals surface area contributed by atoms with Crippen molar-refractivity contribution in [1.29, 1.82) is 0 Å². The number of carbonyl (C=O) groups is 2. The number of amides is 1. The molecular weight excluding hydrogens is 362 g/mol. The van der Waals surface area contributed by atoms with Gasteiger partial charge in [-0.15, -0.1) is 0 Å². The van der Waals surface area contributed by atoms with Crippen LogP contribution < -0.4 is 10.2 Å². The number of para-hydroxylation sites is 1. The molecule has 1 heterocycles. The molecule has 0 radical (unpaired) electrons. The van der Waals surface area contributed by atoms with Crippen molar-refractivity contribution in [2.75, 3.05) is 16.8 Å². The maximum absolute atomic E-state index is 13.1. The predicted molar refractivity (Wildman–Crippen MR) is 104 cm³/mol. The molecule has 8 nitrogen and oxygen atoms in total. The van der Waals surface area contributed by atoms with Crippen molar-refractivity contribution in [2.45, 2.75) is 19.4 Å². The highest BCUT2D eigenvalue weighted by molar-refractivity contribution is 6.16. The lowest BCUT2D eigenvalue weighted by Crippen LogP contribution is -2.51. The van der Waals surface area contributed by atoms with Crippen molar-refractivity contribution in [3.05, 3.63) is 76.5 Å². The van der Waals surface area contributed by atoms with Crippen molar-refractivity contribution in [1.82, 2.24) is 0 Å². The molecule has 1 atom stereocenters. The topological polar surface area (TPSA) is 102 Å². The number of benzene rings is 2. The first kappa shape index (κ1) is 19.1. The molecule has 2 aromatic carbocycles. The van der Waals surface area contributed by atoms with Crippen LogP contribution in [0.2, 0.25) is 0 Å². The minimum Gasteiger partial charge on any atom is -0.464 e. The third-order valence-corrected chi connectivity index (χ3v) is 4.38. The van der Waals surface area contributed by atoms with Crippen LogP contribution in [0.5, 0.6) is 0 Å². The number of nitrogens with zero attached hydrogens (tertiary/aromatic N) is 2. The zero-order valence-corrected chi connectivity index (χ0v) is 15.4. The molecule has 144 valence electrons. The summed E-state index contributed by atoms with van der Waals surface area (Å²) in [7, 11) is 0. The van der Waals surface area contributed by atoms with Gasteiger partial charge in [0.25, 0.3) is 11.6 Å². The van der Waals surface area contributed by atoms with E-state index in [-0.39, 0.29) is 18.0 Å². The van der Waals surface area contributed by atoms with Crippen LogP contribution in [0.1, 0.15) is 13.8 Å². The highest BCUT2D eigenvalue weighted by Crippen LogP contribution is 2.35. The van der Waals surface area contributed by atoms with Crippen molar-refractivity contribution >= 4 is 28.9 Å². The van der Waals surface area contributed by atoms with Gasteiger partial charge >= 0.3 is 5.97 Å². The van der Waals surface area contributed by atoms with Gasteiger partial charge in [-0.2, -0.15) is 0 Å². The number of anilines is 2. The molecule has 0 unspecified atom stereocenters. The van der Waals surface area contributed by atoms with E-state index < -0.39 is 22.3 Å². The third-order valence-electron chi connectivity index (χ3n) is 4.38. The number of hydrogen-bond acceptors (Lipinski definition) is 6. The Morgan fingerprint density at radius 1 is 1.18 bits per heavy atom. The summed E-state index contributed by atoms with van der Waals surface area (Å²) in [4.78, 5) is 37.4. The van der Waals surface area contributed by atoms with Crippen molar-refractivity contribution in [2.24, 2.45) is 0 Å². The number of nitrogens with one attached hydrogen (secondary N) is 1. The first-order valence-corrected chi connectivity index (χ1v) is 8.68. The molecule has 0 saturated carbocycles. The lowest BCUT2D eigenvalue weighted by atomic mass is 10.0. The summed E-state index contributed by atoms with van der Waals surface area (Å²) in [5.41, 5.74) is -0.142. The summed E-state index contributed by atoms with van der Waals surface area (Å²) >= 11 is 0. The van der Waals surface area contributed by atoms with E-state index in [1.165, 1.54) is 35.2 Å². The summed E-state index contributed by atoms with van der Waals surface area (Å²) in [6, 6.07) is 14.5. The van der Waals surface area contributed by atoms with E-state index in [0.29, 0.717) is 11.4 Å². The number of carbonyl (C=O) groups excluding carboxylic acids is 2. The van der Waals surface area contributed by atoms with E-state index >= 15 is 0 Å². The highest BCUT2D eigenvalue weighted by Gasteiger charge is 2.49. The molecule has 0 aromatic heterocycles. The van der Waals surface area contributed by atoms with Gasteiger partial charge in [-0.25, -0.2) is 4.79 Å². The fourth-order valence-electron chi connectivity index (χ4n) is 3.04. The van der Waals surface area contributed by atoms with Crippen LogP contribution in [0.4, 0.5) is 17.1 Å². The van der Waals surface area contributed by atoms with Crippen LogP contribution >= 0.6 is 0 Å². The quantitative estimate of drug-likeness (QED) is 0.468. The maximum atomic E-state index is 13.1. The highest BCUT2D eigenvalue weighted by atomic mass is 16.6. The maximum Gasteiger partial charge on any atom is 0.336 e. The molecule has 1 aliphatic heterocycles. The van der Waals surface area contributed by atoms with Gasteiger partial charge in [0, 0.05) is 23.5 Å². The largest absolute Gasteiger partial charge is 0.464 e. The average molecular weight is 381 g/mol. The molecule has 2 aromatic rings. The Balaban J connectivity index is 1.96. The van der Waals surface area contributed by atoms with Gasteiger partial charge in [0.15, 0.2) is 5.54 Å². The molecule has 0 aliphatic carbocycles. The van der Waals surface area contributed by atoms with E-state index in [1.54, 1.807) is 38.1 Å². The Hall–Kier alpha value is -3.68. The van der Waals surface area contributed by atoms with Crippen LogP contribution in [0.3, 0.4) is 0 Å². The molecule has 8 heteroatoms. The van der Waals surface area contributed by atoms with Crippen LogP contribution in [0, 0.1) is 10.1 Å². The summed E-state index contributed by atoms with van der Waals surface area (Å²) in [6.45, 7) is 3.50. The molecule has 28 heavy (non-hydrogen) atoms. The summed E-state index contributed by atoms with van der Waals surface area (Å²) in [5.74, 6) is -0.951. The molecule has 1 N–H and O–H groups in total. The number of nitro groups is 1. The minimum absolute atomic E-state index is 0.0560. The minimum atomic E-state index is -1.32. The van der Waals surface area contributed by atoms with E-state index in [0.717, 1.165) is 0 Å². The smallest absolute Gasteiger partial charge is 0.336 e. The average Bonchev–Trinajstić information content (AvgIpc) is 2.94. The van der Waals surface area contributed by atoms with Crippen LogP contribution in [-0.2, 0) is 14.3 Å². The van der Waals surface area contributed by atoms with Gasteiger partial charge in [0.05, 0.1) is 11.5 Å². The fourth-order valence-corrected chi connectivity index (χ4v) is 3.04. The molecule has 3 rings (SSSR count). The lowest BCUT2D eigenvalue weighted by molar-refractivity contribution is -0.384. The van der Waals surface area contributed by atoms with Crippen molar-refractivity contribution in [3.63, 3.8) is 0 Å². The number of rotatable bonds is 6. The Kier molecular flexibility index (Phi) is 5.12. The predicted octanol–water partition coefficient (Wildman–Crippen LogP) is 3.26. The Labute approximate surface area is 161 Å². The standard InChI is InChI=1S/C20H19N3O5/c1-3-28-19(25)20(2)13-17(18(24)22(20)15-7-5-4-6-8-15)21-14-9-11-16(12-10-14)23(26)27/h4-13,21H,3H2,1-2H3/t20-/m1/s1. The Morgan fingerprint density at radius 2 is 1.82 bits per heavy atom. The Morgan fingerprint density at radius 3 is 2.39 bits per heavy atom. The van der Waals surface area contributed by atoms with Crippen LogP contribution in [0.15, 0.2) is 66.4 Å². The number of hydrogen-bond donors (Lipinski definition) is 1. The Bertz CT molecular complexity index is 940. The molecule has 0 spiro atoms. The molecule has 0 saturated heterocycles. The number of esters is 1. The first-order chi connectivity index (χ1) is 13.4. The van der Waals surface area contributed by atoms with Gasteiger partial charge in [-0.3, -0.25) is 19.8 Å². The van der Waals surface area contributed by atoms with Crippen LogP contribution in [-0.4, -0.2) is 28.9 Å². The normalized spacial score (nSPS) is 18.6. The number of ether oxygens (including phenoxy) is 1. The van der Waals surface area contributed by atoms with E-state index in [4.69, 9.17) is 4.74 Å². The third kappa shape index (κ3) is 3.44. The molecular formula is C20H19N3O5. The number of non-ortho nitro benzene ring substituents is 1. The van der Waals surface area contributed by atoms with Gasteiger partial charge < -0.3 is 10.1 Å². The second-order valence-electron chi connectivity index (χ2n) is 6.33. The zero-order valence-electron chi connectivity index (χ0n) is 15.4. The van der Waals surface area contributed by atoms with Crippen molar-refractivity contribution in [3.8, 4) is 0 Å². The molecule has 1 aliphatic rings. The van der Waals surface area contributed by atoms with Gasteiger partial charge in [-0.1, -0.05) is 18.2 Å². The first-order valence-electron chi connectivity index (χ1n) is 8.68. The lowest BCUT2D eigenvalue weighted by Gasteiger charge is -2.32. The summed E-state index contributed by atoms with van der Waals surface area (Å²) < 4.78 is 5.19. The fraction of sp³-hybridized carbons (Fsp3) is 0.200. The number of nitro benzene ring substituents is 1. The monoisotopic (exact) mass is 381 g/mol. The van der Waals surface area contributed by atoms with E-state index in [2.05, 4.69) is 5.32 Å².